The lowest BCUT2D eigenvalue weighted by Gasteiger charge is -2.33. The van der Waals surface area contributed by atoms with E-state index < -0.39 is 0 Å². The van der Waals surface area contributed by atoms with Crippen molar-refractivity contribution >= 4 is 11.5 Å². The van der Waals surface area contributed by atoms with Crippen LogP contribution in [-0.2, 0) is 0 Å². The summed E-state index contributed by atoms with van der Waals surface area (Å²) in [7, 11) is 0. The van der Waals surface area contributed by atoms with Crippen LogP contribution in [0.1, 0.15) is 26.3 Å². The Morgan fingerprint density at radius 1 is 1.10 bits per heavy atom. The largest absolute Gasteiger partial charge is 0.393 e. The fourth-order valence-corrected chi connectivity index (χ4v) is 3.56. The molecule has 29 heavy (non-hydrogen) atoms. The standard InChI is InChI=1S/C20H15FN6O.CH4/c1-22-18-10-23-17-7-6-16(25-27(17)18)20-19(12-2-4-13(21)5-3-12)24-11-26(20)14-8-15(28)9-14;/h2-7,10-11,14-15,28H,8-9H2;1H4. The fourth-order valence-electron chi connectivity index (χ4n) is 3.56. The number of imidazole rings is 2. The van der Waals surface area contributed by atoms with Crippen molar-refractivity contribution in [1.29, 1.82) is 0 Å². The number of aliphatic hydroxyl groups excluding tert-OH is 1. The molecular weight excluding hydrogens is 371 g/mol. The Balaban J connectivity index is 0.00000205. The zero-order valence-electron chi connectivity index (χ0n) is 14.7. The van der Waals surface area contributed by atoms with E-state index in [1.165, 1.54) is 22.8 Å². The minimum Gasteiger partial charge on any atom is -0.393 e. The Bertz CT molecular complexity index is 1210. The molecule has 0 radical (unpaired) electrons. The van der Waals surface area contributed by atoms with Crippen LogP contribution in [0.25, 0.3) is 33.1 Å². The second-order valence-electron chi connectivity index (χ2n) is 6.85. The lowest BCUT2D eigenvalue weighted by molar-refractivity contribution is 0.0491. The number of nitrogens with zero attached hydrogens (tertiary/aromatic N) is 6. The first-order valence-electron chi connectivity index (χ1n) is 8.87. The van der Waals surface area contributed by atoms with E-state index in [1.807, 2.05) is 10.6 Å². The van der Waals surface area contributed by atoms with Crippen molar-refractivity contribution in [3.05, 3.63) is 66.2 Å². The van der Waals surface area contributed by atoms with E-state index in [1.54, 1.807) is 24.5 Å². The average molecular weight is 390 g/mol. The van der Waals surface area contributed by atoms with E-state index in [2.05, 4.69) is 19.9 Å². The number of halogens is 1. The molecule has 1 aliphatic rings. The number of benzene rings is 1. The van der Waals surface area contributed by atoms with E-state index in [-0.39, 0.29) is 25.4 Å². The Kier molecular flexibility index (Phi) is 4.60. The quantitative estimate of drug-likeness (QED) is 0.530. The van der Waals surface area contributed by atoms with Gasteiger partial charge in [0.15, 0.2) is 0 Å². The second kappa shape index (κ2) is 7.11. The van der Waals surface area contributed by atoms with Crippen LogP contribution in [0.4, 0.5) is 10.2 Å². The zero-order chi connectivity index (χ0) is 19.3. The van der Waals surface area contributed by atoms with Gasteiger partial charge in [0.2, 0.25) is 5.65 Å². The lowest BCUT2D eigenvalue weighted by atomic mass is 9.89. The molecule has 5 rings (SSSR count). The number of hydrogen-bond acceptors (Lipinski definition) is 4. The molecule has 4 aromatic rings. The predicted molar refractivity (Wildman–Crippen MR) is 107 cm³/mol. The zero-order valence-corrected chi connectivity index (χ0v) is 14.7. The Morgan fingerprint density at radius 3 is 2.55 bits per heavy atom. The molecule has 0 saturated heterocycles. The highest BCUT2D eigenvalue weighted by Gasteiger charge is 2.32. The summed E-state index contributed by atoms with van der Waals surface area (Å²) < 4.78 is 16.9. The maximum absolute atomic E-state index is 13.4. The van der Waals surface area contributed by atoms with Gasteiger partial charge < -0.3 is 14.5 Å². The van der Waals surface area contributed by atoms with Crippen LogP contribution < -0.4 is 0 Å². The van der Waals surface area contributed by atoms with E-state index in [4.69, 9.17) is 6.57 Å². The maximum atomic E-state index is 13.4. The highest BCUT2D eigenvalue weighted by molar-refractivity contribution is 5.77. The van der Waals surface area contributed by atoms with E-state index in [9.17, 15) is 9.50 Å². The van der Waals surface area contributed by atoms with Crippen molar-refractivity contribution in [1.82, 2.24) is 24.1 Å². The summed E-state index contributed by atoms with van der Waals surface area (Å²) in [5.41, 5.74) is 3.44. The molecule has 1 aliphatic carbocycles. The van der Waals surface area contributed by atoms with Crippen LogP contribution in [0, 0.1) is 12.4 Å². The van der Waals surface area contributed by atoms with Crippen molar-refractivity contribution in [2.24, 2.45) is 0 Å². The van der Waals surface area contributed by atoms with Crippen LogP contribution in [-0.4, -0.2) is 35.4 Å². The van der Waals surface area contributed by atoms with E-state index in [0.717, 1.165) is 11.3 Å². The van der Waals surface area contributed by atoms with Gasteiger partial charge in [-0.2, -0.15) is 0 Å². The Hall–Kier alpha value is -3.57. The van der Waals surface area contributed by atoms with Gasteiger partial charge >= 0.3 is 0 Å². The number of aromatic nitrogens is 5. The van der Waals surface area contributed by atoms with Crippen LogP contribution in [0.2, 0.25) is 0 Å². The van der Waals surface area contributed by atoms with Gasteiger partial charge in [-0.15, -0.1) is 4.52 Å². The number of aliphatic hydroxyl groups is 1. The predicted octanol–water partition coefficient (Wildman–Crippen LogP) is 4.28. The second-order valence-corrected chi connectivity index (χ2v) is 6.85. The Labute approximate surface area is 166 Å². The molecule has 3 aromatic heterocycles. The topological polar surface area (TPSA) is 72.6 Å². The van der Waals surface area contributed by atoms with Gasteiger partial charge in [0, 0.05) is 17.7 Å². The number of fused-ring (bicyclic) bond motifs is 1. The molecule has 1 saturated carbocycles. The van der Waals surface area contributed by atoms with Crippen LogP contribution in [0.3, 0.4) is 0 Å². The summed E-state index contributed by atoms with van der Waals surface area (Å²) in [6.07, 6.45) is 4.20. The molecule has 7 nitrogen and oxygen atoms in total. The highest BCUT2D eigenvalue weighted by atomic mass is 19.1. The molecule has 0 spiro atoms. The first-order chi connectivity index (χ1) is 13.6. The summed E-state index contributed by atoms with van der Waals surface area (Å²) in [5, 5.41) is 14.4. The molecule has 0 aliphatic heterocycles. The van der Waals surface area contributed by atoms with Gasteiger partial charge in [0.25, 0.3) is 5.82 Å². The Morgan fingerprint density at radius 2 is 1.86 bits per heavy atom. The van der Waals surface area contributed by atoms with E-state index >= 15 is 0 Å². The number of rotatable bonds is 3. The molecule has 0 amide bonds. The first-order valence-corrected chi connectivity index (χ1v) is 8.87. The minimum absolute atomic E-state index is 0. The van der Waals surface area contributed by atoms with Crippen molar-refractivity contribution in [3.8, 4) is 22.6 Å². The summed E-state index contributed by atoms with van der Waals surface area (Å²) in [5.74, 6) is 0.0109. The minimum atomic E-state index is -0.313. The fraction of sp³-hybridized carbons (Fsp3) is 0.238. The first kappa shape index (κ1) is 18.8. The molecule has 1 aromatic carbocycles. The molecule has 146 valence electrons. The van der Waals surface area contributed by atoms with Crippen LogP contribution >= 0.6 is 0 Å². The van der Waals surface area contributed by atoms with Gasteiger partial charge in [-0.05, 0) is 43.2 Å². The molecule has 1 N–H and O–H groups in total. The van der Waals surface area contributed by atoms with Crippen molar-refractivity contribution in [3.63, 3.8) is 0 Å². The van der Waals surface area contributed by atoms with Gasteiger partial charge in [0.05, 0.1) is 30.0 Å². The average Bonchev–Trinajstić information content (AvgIpc) is 3.29. The summed E-state index contributed by atoms with van der Waals surface area (Å²) >= 11 is 0. The number of hydrogen-bond donors (Lipinski definition) is 1. The normalized spacial score (nSPS) is 18.1. The smallest absolute Gasteiger partial charge is 0.275 e. The molecule has 1 fully saturated rings. The molecule has 8 heteroatoms. The van der Waals surface area contributed by atoms with Crippen molar-refractivity contribution in [2.45, 2.75) is 32.4 Å². The highest BCUT2D eigenvalue weighted by Crippen LogP contribution is 2.39. The van der Waals surface area contributed by atoms with E-state index in [0.29, 0.717) is 35.7 Å². The summed E-state index contributed by atoms with van der Waals surface area (Å²) in [6, 6.07) is 9.92. The summed E-state index contributed by atoms with van der Waals surface area (Å²) in [6.45, 7) is 7.30. The third kappa shape index (κ3) is 3.05. The molecule has 0 bridgehead atoms. The van der Waals surface area contributed by atoms with Gasteiger partial charge in [-0.25, -0.2) is 14.4 Å². The van der Waals surface area contributed by atoms with Gasteiger partial charge in [0.1, 0.15) is 11.5 Å². The van der Waals surface area contributed by atoms with Gasteiger partial charge in [-0.3, -0.25) is 0 Å². The SMILES string of the molecule is C.[C-]#[N+]c1cnc2ccc(-c3c(-c4ccc(F)cc4)ncn3C3CC(O)C3)nn12. The molecule has 0 atom stereocenters. The van der Waals surface area contributed by atoms with Crippen molar-refractivity contribution < 1.29 is 9.50 Å². The third-order valence-corrected chi connectivity index (χ3v) is 5.09. The van der Waals surface area contributed by atoms with Crippen LogP contribution in [0.15, 0.2) is 48.9 Å². The van der Waals surface area contributed by atoms with Crippen molar-refractivity contribution in [2.75, 3.05) is 0 Å². The monoisotopic (exact) mass is 390 g/mol. The molecule has 3 heterocycles. The van der Waals surface area contributed by atoms with Gasteiger partial charge in [-0.1, -0.05) is 19.1 Å². The molecular formula is C21H19FN6O. The third-order valence-electron chi connectivity index (χ3n) is 5.09. The lowest BCUT2D eigenvalue weighted by Crippen LogP contribution is -2.30. The summed E-state index contributed by atoms with van der Waals surface area (Å²) in [4.78, 5) is 12.2. The van der Waals surface area contributed by atoms with Crippen LogP contribution in [0.5, 0.6) is 0 Å². The molecule has 0 unspecified atom stereocenters. The maximum Gasteiger partial charge on any atom is 0.275 e.